The number of carbonyl (C=O) groups excluding carboxylic acids is 2. The van der Waals surface area contributed by atoms with Gasteiger partial charge in [0.05, 0.1) is 26.8 Å². The van der Waals surface area contributed by atoms with Gasteiger partial charge in [0.25, 0.3) is 5.91 Å². The minimum atomic E-state index is -0.426. The summed E-state index contributed by atoms with van der Waals surface area (Å²) in [5.74, 6) is 0.797. The van der Waals surface area contributed by atoms with Crippen molar-refractivity contribution in [3.05, 3.63) is 29.8 Å². The van der Waals surface area contributed by atoms with E-state index >= 15 is 0 Å². The fourth-order valence-corrected chi connectivity index (χ4v) is 3.55. The molecule has 2 fully saturated rings. The van der Waals surface area contributed by atoms with Gasteiger partial charge < -0.3 is 19.3 Å². The molecule has 1 aromatic rings. The van der Waals surface area contributed by atoms with E-state index in [0.717, 1.165) is 25.1 Å². The van der Waals surface area contributed by atoms with Gasteiger partial charge in [0, 0.05) is 25.6 Å². The molecule has 2 aliphatic heterocycles. The lowest BCUT2D eigenvalue weighted by atomic mass is 9.90. The minimum Gasteiger partial charge on any atom is -0.497 e. The molecule has 2 saturated heterocycles. The summed E-state index contributed by atoms with van der Waals surface area (Å²) in [7, 11) is 1.60. The molecule has 3 rings (SSSR count). The van der Waals surface area contributed by atoms with Crippen LogP contribution in [0, 0.1) is 0 Å². The smallest absolute Gasteiger partial charge is 0.253 e. The number of piperidine rings is 1. The van der Waals surface area contributed by atoms with Gasteiger partial charge in [0.15, 0.2) is 0 Å². The van der Waals surface area contributed by atoms with Crippen LogP contribution in [0.3, 0.4) is 0 Å². The van der Waals surface area contributed by atoms with Crippen molar-refractivity contribution in [2.24, 2.45) is 0 Å². The highest BCUT2D eigenvalue weighted by atomic mass is 16.5. The number of likely N-dealkylation sites (tertiary alicyclic amines) is 1. The van der Waals surface area contributed by atoms with Crippen molar-refractivity contribution < 1.29 is 19.1 Å². The Morgan fingerprint density at radius 2 is 1.83 bits per heavy atom. The lowest BCUT2D eigenvalue weighted by Gasteiger charge is -2.47. The fraction of sp³-hybridized carbons (Fsp3) is 0.556. The van der Waals surface area contributed by atoms with Gasteiger partial charge in [0.2, 0.25) is 5.91 Å². The molecular formula is C18H24N2O4. The summed E-state index contributed by atoms with van der Waals surface area (Å²) >= 11 is 0. The van der Waals surface area contributed by atoms with Gasteiger partial charge in [-0.1, -0.05) is 0 Å². The predicted octanol–water partition coefficient (Wildman–Crippen LogP) is 1.55. The topological polar surface area (TPSA) is 59.1 Å². The van der Waals surface area contributed by atoms with Crippen LogP contribution in [-0.4, -0.2) is 67.1 Å². The van der Waals surface area contributed by atoms with Gasteiger partial charge in [-0.3, -0.25) is 9.59 Å². The summed E-state index contributed by atoms with van der Waals surface area (Å²) in [6.07, 6.45) is 1.76. The van der Waals surface area contributed by atoms with Crippen LogP contribution in [0.4, 0.5) is 0 Å². The monoisotopic (exact) mass is 332 g/mol. The molecule has 0 bridgehead atoms. The number of carbonyl (C=O) groups is 2. The molecule has 1 spiro atoms. The minimum absolute atomic E-state index is 0.000256. The van der Waals surface area contributed by atoms with E-state index in [1.165, 1.54) is 0 Å². The molecule has 0 unspecified atom stereocenters. The van der Waals surface area contributed by atoms with E-state index in [4.69, 9.17) is 9.47 Å². The van der Waals surface area contributed by atoms with Gasteiger partial charge in [-0.15, -0.1) is 0 Å². The summed E-state index contributed by atoms with van der Waals surface area (Å²) in [6, 6.07) is 7.15. The normalized spacial score (nSPS) is 24.1. The van der Waals surface area contributed by atoms with E-state index in [1.807, 2.05) is 9.80 Å². The van der Waals surface area contributed by atoms with Crippen LogP contribution in [0.1, 0.15) is 30.1 Å². The second-order valence-corrected chi connectivity index (χ2v) is 6.53. The van der Waals surface area contributed by atoms with E-state index in [2.05, 4.69) is 0 Å². The van der Waals surface area contributed by atoms with Crippen molar-refractivity contribution in [2.75, 3.05) is 39.9 Å². The second kappa shape index (κ2) is 6.81. The summed E-state index contributed by atoms with van der Waals surface area (Å²) in [5, 5.41) is 0. The van der Waals surface area contributed by atoms with E-state index < -0.39 is 5.60 Å². The number of benzene rings is 1. The largest absolute Gasteiger partial charge is 0.497 e. The molecule has 0 radical (unpaired) electrons. The van der Waals surface area contributed by atoms with Crippen molar-refractivity contribution in [2.45, 2.75) is 25.4 Å². The van der Waals surface area contributed by atoms with Gasteiger partial charge in [0.1, 0.15) is 11.4 Å². The van der Waals surface area contributed by atoms with Gasteiger partial charge >= 0.3 is 0 Å². The Morgan fingerprint density at radius 1 is 1.12 bits per heavy atom. The first-order valence-corrected chi connectivity index (χ1v) is 8.36. The molecule has 0 aliphatic carbocycles. The van der Waals surface area contributed by atoms with Crippen LogP contribution >= 0.6 is 0 Å². The predicted molar refractivity (Wildman–Crippen MR) is 89.1 cm³/mol. The fourth-order valence-electron chi connectivity index (χ4n) is 3.55. The standard InChI is InChI=1S/C18H24N2O4/c1-14(21)19-10-11-24-18(12-19)8-3-9-20(13-18)17(22)15-4-6-16(23-2)7-5-15/h4-7H,3,8-13H2,1-2H3/t18-/m0/s1. The zero-order valence-electron chi connectivity index (χ0n) is 14.3. The summed E-state index contributed by atoms with van der Waals surface area (Å²) in [5.41, 5.74) is 0.219. The average Bonchev–Trinajstić information content (AvgIpc) is 2.61. The number of hydrogen-bond acceptors (Lipinski definition) is 4. The molecule has 1 atom stereocenters. The lowest BCUT2D eigenvalue weighted by molar-refractivity contribution is -0.157. The Labute approximate surface area is 142 Å². The van der Waals surface area contributed by atoms with Crippen LogP contribution in [0.2, 0.25) is 0 Å². The third kappa shape index (κ3) is 3.38. The van der Waals surface area contributed by atoms with E-state index in [-0.39, 0.29) is 11.8 Å². The maximum absolute atomic E-state index is 12.8. The molecule has 1 aromatic carbocycles. The number of amides is 2. The SMILES string of the molecule is COc1ccc(C(=O)N2CCC[C@]3(CN(C(C)=O)CCO3)C2)cc1. The Balaban J connectivity index is 1.72. The number of hydrogen-bond donors (Lipinski definition) is 0. The number of nitrogens with zero attached hydrogens (tertiary/aromatic N) is 2. The number of rotatable bonds is 2. The maximum atomic E-state index is 12.8. The summed E-state index contributed by atoms with van der Waals surface area (Å²) < 4.78 is 11.2. The Bertz CT molecular complexity index is 612. The molecule has 0 aromatic heterocycles. The second-order valence-electron chi connectivity index (χ2n) is 6.53. The highest BCUT2D eigenvalue weighted by Crippen LogP contribution is 2.30. The van der Waals surface area contributed by atoms with Crippen molar-refractivity contribution in [3.63, 3.8) is 0 Å². The number of ether oxygens (including phenoxy) is 2. The van der Waals surface area contributed by atoms with Gasteiger partial charge in [-0.05, 0) is 37.1 Å². The first kappa shape index (κ1) is 16.8. The summed E-state index contributed by atoms with van der Waals surface area (Å²) in [4.78, 5) is 28.2. The molecule has 2 aliphatic rings. The first-order chi connectivity index (χ1) is 11.5. The molecule has 0 saturated carbocycles. The van der Waals surface area contributed by atoms with Crippen molar-refractivity contribution >= 4 is 11.8 Å². The third-order valence-electron chi connectivity index (χ3n) is 4.86. The summed E-state index contributed by atoms with van der Waals surface area (Å²) in [6.45, 7) is 4.56. The van der Waals surface area contributed by atoms with Gasteiger partial charge in [-0.25, -0.2) is 0 Å². The van der Waals surface area contributed by atoms with Crippen LogP contribution in [-0.2, 0) is 9.53 Å². The zero-order chi connectivity index (χ0) is 17.2. The van der Waals surface area contributed by atoms with Crippen LogP contribution < -0.4 is 4.74 Å². The van der Waals surface area contributed by atoms with Crippen LogP contribution in [0.25, 0.3) is 0 Å². The maximum Gasteiger partial charge on any atom is 0.253 e. The molecule has 0 N–H and O–H groups in total. The first-order valence-electron chi connectivity index (χ1n) is 8.36. The third-order valence-corrected chi connectivity index (χ3v) is 4.86. The Hall–Kier alpha value is -2.08. The molecular weight excluding hydrogens is 308 g/mol. The van der Waals surface area contributed by atoms with Crippen LogP contribution in [0.5, 0.6) is 5.75 Å². The van der Waals surface area contributed by atoms with Gasteiger partial charge in [-0.2, -0.15) is 0 Å². The average molecular weight is 332 g/mol. The van der Waals surface area contributed by atoms with Crippen LogP contribution in [0.15, 0.2) is 24.3 Å². The molecule has 2 heterocycles. The molecule has 24 heavy (non-hydrogen) atoms. The van der Waals surface area contributed by atoms with Crippen molar-refractivity contribution in [3.8, 4) is 5.75 Å². The van der Waals surface area contributed by atoms with E-state index in [1.54, 1.807) is 38.3 Å². The quantitative estimate of drug-likeness (QED) is 0.824. The molecule has 6 heteroatoms. The number of methoxy groups -OCH3 is 1. The molecule has 6 nitrogen and oxygen atoms in total. The zero-order valence-corrected chi connectivity index (χ0v) is 14.3. The van der Waals surface area contributed by atoms with E-state index in [9.17, 15) is 9.59 Å². The van der Waals surface area contributed by atoms with Crippen molar-refractivity contribution in [1.82, 2.24) is 9.80 Å². The highest BCUT2D eigenvalue weighted by molar-refractivity contribution is 5.94. The molecule has 2 amide bonds. The van der Waals surface area contributed by atoms with E-state index in [0.29, 0.717) is 31.8 Å². The Kier molecular flexibility index (Phi) is 4.76. The lowest BCUT2D eigenvalue weighted by Crippen LogP contribution is -2.61. The Morgan fingerprint density at radius 3 is 2.50 bits per heavy atom. The highest BCUT2D eigenvalue weighted by Gasteiger charge is 2.42. The number of morpholine rings is 1. The van der Waals surface area contributed by atoms with Crippen molar-refractivity contribution in [1.29, 1.82) is 0 Å². The molecule has 130 valence electrons.